The first kappa shape index (κ1) is 18.4. The van der Waals surface area contributed by atoms with Gasteiger partial charge in [-0.1, -0.05) is 35.9 Å². The molecule has 0 spiro atoms. The number of benzene rings is 2. The van der Waals surface area contributed by atoms with Crippen LogP contribution in [0.25, 0.3) is 33.5 Å². The van der Waals surface area contributed by atoms with Crippen LogP contribution in [0.15, 0.2) is 53.5 Å². The number of fused-ring (bicyclic) bond motifs is 1. The molecule has 2 aromatic heterocycles. The van der Waals surface area contributed by atoms with Crippen LogP contribution in [-0.4, -0.2) is 20.0 Å². The van der Waals surface area contributed by atoms with Gasteiger partial charge in [0.15, 0.2) is 0 Å². The Labute approximate surface area is 167 Å². The summed E-state index contributed by atoms with van der Waals surface area (Å²) in [6, 6.07) is 15.6. The van der Waals surface area contributed by atoms with Crippen molar-refractivity contribution in [2.75, 3.05) is 0 Å². The van der Waals surface area contributed by atoms with Gasteiger partial charge < -0.3 is 0 Å². The van der Waals surface area contributed by atoms with Gasteiger partial charge in [0.2, 0.25) is 0 Å². The molecule has 0 aliphatic heterocycles. The zero-order valence-electron chi connectivity index (χ0n) is 16.1. The molecular weight excluding hydrogens is 362 g/mol. The van der Waals surface area contributed by atoms with Gasteiger partial charge in [-0.3, -0.25) is 9.48 Å². The van der Waals surface area contributed by atoms with Gasteiger partial charge in [-0.15, -0.1) is 0 Å². The largest absolute Gasteiger partial charge is 0.272 e. The SMILES string of the molecule is [CH2]c1n[nH]c(=O)c2ccc(-c3cnn(C)c3C=C(C#N)c3cccc(C)c3)cc12. The summed E-state index contributed by atoms with van der Waals surface area (Å²) in [4.78, 5) is 12.0. The van der Waals surface area contributed by atoms with Crippen molar-refractivity contribution in [2.45, 2.75) is 6.92 Å². The maximum absolute atomic E-state index is 12.0. The molecule has 0 atom stereocenters. The molecule has 6 nitrogen and oxygen atoms in total. The number of hydrogen-bond acceptors (Lipinski definition) is 4. The second-order valence-corrected chi connectivity index (χ2v) is 6.87. The molecule has 29 heavy (non-hydrogen) atoms. The highest BCUT2D eigenvalue weighted by atomic mass is 16.1. The van der Waals surface area contributed by atoms with Crippen LogP contribution in [0.5, 0.6) is 0 Å². The van der Waals surface area contributed by atoms with Gasteiger partial charge in [-0.2, -0.15) is 15.5 Å². The maximum atomic E-state index is 12.0. The van der Waals surface area contributed by atoms with Crippen molar-refractivity contribution in [3.8, 4) is 17.2 Å². The zero-order valence-corrected chi connectivity index (χ0v) is 16.1. The third kappa shape index (κ3) is 3.34. The molecule has 2 heterocycles. The quantitative estimate of drug-likeness (QED) is 0.547. The molecule has 0 fully saturated rings. The van der Waals surface area contributed by atoms with Crippen LogP contribution in [0.4, 0.5) is 0 Å². The van der Waals surface area contributed by atoms with Gasteiger partial charge in [0.05, 0.1) is 34.6 Å². The number of aryl methyl sites for hydroxylation is 2. The lowest BCUT2D eigenvalue weighted by molar-refractivity contribution is 0.760. The number of nitrogens with one attached hydrogen (secondary N) is 1. The van der Waals surface area contributed by atoms with Crippen molar-refractivity contribution < 1.29 is 0 Å². The van der Waals surface area contributed by atoms with Crippen molar-refractivity contribution in [1.29, 1.82) is 5.26 Å². The number of allylic oxidation sites excluding steroid dienone is 1. The standard InChI is InChI=1S/C23H18N5O/c1-14-5-4-6-16(9-14)18(12-24)11-22-21(13-25-28(22)3)17-7-8-19-20(10-17)15(2)26-27-23(19)29/h4-11,13H,2H2,1,3H3,(H,27,29). The topological polar surface area (TPSA) is 87.4 Å². The van der Waals surface area contributed by atoms with E-state index in [1.165, 1.54) is 0 Å². The van der Waals surface area contributed by atoms with Crippen molar-refractivity contribution in [2.24, 2.45) is 7.05 Å². The first-order valence-corrected chi connectivity index (χ1v) is 9.03. The summed E-state index contributed by atoms with van der Waals surface area (Å²) < 4.78 is 1.73. The molecule has 0 saturated heterocycles. The molecule has 4 rings (SSSR count). The van der Waals surface area contributed by atoms with E-state index in [0.29, 0.717) is 22.0 Å². The van der Waals surface area contributed by atoms with E-state index in [-0.39, 0.29) is 5.56 Å². The molecule has 1 radical (unpaired) electrons. The van der Waals surface area contributed by atoms with Crippen LogP contribution in [-0.2, 0) is 7.05 Å². The molecule has 0 aliphatic rings. The number of aromatic nitrogens is 4. The van der Waals surface area contributed by atoms with Crippen LogP contribution in [0.3, 0.4) is 0 Å². The zero-order chi connectivity index (χ0) is 20.5. The Bertz CT molecular complexity index is 1370. The summed E-state index contributed by atoms with van der Waals surface area (Å²) in [5.41, 5.74) is 5.26. The second kappa shape index (κ2) is 7.21. The Morgan fingerprint density at radius 3 is 2.83 bits per heavy atom. The van der Waals surface area contributed by atoms with Crippen LogP contribution < -0.4 is 5.56 Å². The average molecular weight is 380 g/mol. The second-order valence-electron chi connectivity index (χ2n) is 6.87. The minimum atomic E-state index is -0.253. The molecule has 0 bridgehead atoms. The number of nitrogens with zero attached hydrogens (tertiary/aromatic N) is 4. The normalized spacial score (nSPS) is 11.6. The van der Waals surface area contributed by atoms with Gasteiger partial charge in [-0.05, 0) is 43.2 Å². The van der Waals surface area contributed by atoms with Crippen LogP contribution in [0.1, 0.15) is 22.5 Å². The van der Waals surface area contributed by atoms with E-state index < -0.39 is 0 Å². The predicted octanol–water partition coefficient (Wildman–Crippen LogP) is 3.88. The molecular formula is C23H18N5O. The monoisotopic (exact) mass is 380 g/mol. The first-order valence-electron chi connectivity index (χ1n) is 9.03. The lowest BCUT2D eigenvalue weighted by atomic mass is 9.99. The van der Waals surface area contributed by atoms with E-state index in [0.717, 1.165) is 27.9 Å². The van der Waals surface area contributed by atoms with Gasteiger partial charge >= 0.3 is 0 Å². The molecule has 0 saturated carbocycles. The molecule has 0 amide bonds. The van der Waals surface area contributed by atoms with Crippen LogP contribution in [0.2, 0.25) is 0 Å². The number of aromatic amines is 1. The lowest BCUT2D eigenvalue weighted by Crippen LogP contribution is -2.09. The minimum Gasteiger partial charge on any atom is -0.268 e. The molecule has 1 N–H and O–H groups in total. The molecule has 4 aromatic rings. The third-order valence-corrected chi connectivity index (χ3v) is 4.89. The highest BCUT2D eigenvalue weighted by molar-refractivity contribution is 5.94. The van der Waals surface area contributed by atoms with Crippen LogP contribution >= 0.6 is 0 Å². The Morgan fingerprint density at radius 1 is 1.24 bits per heavy atom. The molecule has 6 heteroatoms. The van der Waals surface area contributed by atoms with E-state index in [1.54, 1.807) is 16.9 Å². The van der Waals surface area contributed by atoms with Gasteiger partial charge in [0.25, 0.3) is 5.56 Å². The van der Waals surface area contributed by atoms with Crippen LogP contribution in [0, 0.1) is 25.2 Å². The Balaban J connectivity index is 1.89. The van der Waals surface area contributed by atoms with Crippen molar-refractivity contribution in [3.63, 3.8) is 0 Å². The average Bonchev–Trinajstić information content (AvgIpc) is 3.09. The molecule has 0 aliphatic carbocycles. The fraction of sp³-hybridized carbons (Fsp3) is 0.0870. The van der Waals surface area contributed by atoms with Gasteiger partial charge in [0.1, 0.15) is 0 Å². The van der Waals surface area contributed by atoms with Gasteiger partial charge in [0, 0.05) is 18.0 Å². The summed E-state index contributed by atoms with van der Waals surface area (Å²) in [5.74, 6) is 0. The first-order chi connectivity index (χ1) is 14.0. The fourth-order valence-electron chi connectivity index (χ4n) is 3.36. The highest BCUT2D eigenvalue weighted by Gasteiger charge is 2.13. The molecule has 141 valence electrons. The Kier molecular flexibility index (Phi) is 4.57. The maximum Gasteiger partial charge on any atom is 0.272 e. The smallest absolute Gasteiger partial charge is 0.268 e. The van der Waals surface area contributed by atoms with E-state index in [4.69, 9.17) is 0 Å². The van der Waals surface area contributed by atoms with E-state index in [1.807, 2.05) is 56.4 Å². The number of rotatable bonds is 3. The van der Waals surface area contributed by atoms with E-state index in [2.05, 4.69) is 28.3 Å². The number of hydrogen-bond donors (Lipinski definition) is 1. The summed E-state index contributed by atoms with van der Waals surface area (Å²) in [5, 5.41) is 21.7. The minimum absolute atomic E-state index is 0.253. The molecule has 2 aromatic carbocycles. The summed E-state index contributed by atoms with van der Waals surface area (Å²) in [7, 11) is 1.83. The lowest BCUT2D eigenvalue weighted by Gasteiger charge is -2.07. The van der Waals surface area contributed by atoms with Crippen molar-refractivity contribution >= 4 is 22.4 Å². The summed E-state index contributed by atoms with van der Waals surface area (Å²) >= 11 is 0. The Hall–Kier alpha value is -3.98. The fourth-order valence-corrected chi connectivity index (χ4v) is 3.36. The van der Waals surface area contributed by atoms with E-state index >= 15 is 0 Å². The van der Waals surface area contributed by atoms with Crippen molar-refractivity contribution in [3.05, 3.63) is 88.5 Å². The summed E-state index contributed by atoms with van der Waals surface area (Å²) in [6.45, 7) is 5.90. The van der Waals surface area contributed by atoms with E-state index in [9.17, 15) is 10.1 Å². The number of nitriles is 1. The number of H-pyrrole nitrogens is 1. The van der Waals surface area contributed by atoms with Gasteiger partial charge in [-0.25, -0.2) is 5.10 Å². The third-order valence-electron chi connectivity index (χ3n) is 4.89. The molecule has 0 unspecified atom stereocenters. The summed E-state index contributed by atoms with van der Waals surface area (Å²) in [6.07, 6.45) is 3.59. The van der Waals surface area contributed by atoms with Crippen molar-refractivity contribution in [1.82, 2.24) is 20.0 Å². The Morgan fingerprint density at radius 2 is 2.07 bits per heavy atom. The highest BCUT2D eigenvalue weighted by Crippen LogP contribution is 2.29. The predicted molar refractivity (Wildman–Crippen MR) is 114 cm³/mol.